The van der Waals surface area contributed by atoms with Crippen LogP contribution in [0, 0.1) is 6.92 Å². The first-order chi connectivity index (χ1) is 11.1. The Morgan fingerprint density at radius 3 is 2.70 bits per heavy atom. The number of amides is 1. The maximum Gasteiger partial charge on any atom is 0.230 e. The lowest BCUT2D eigenvalue weighted by molar-refractivity contribution is -0.115. The molecule has 0 aliphatic rings. The summed E-state index contributed by atoms with van der Waals surface area (Å²) < 4.78 is 0.918. The molecule has 3 rings (SSSR count). The van der Waals surface area contributed by atoms with Crippen LogP contribution in [0.1, 0.15) is 18.2 Å². The number of nitrogens with zero attached hydrogens (tertiary/aromatic N) is 4. The molecule has 8 heteroatoms. The first kappa shape index (κ1) is 16.1. The molecule has 0 unspecified atom stereocenters. The highest BCUT2D eigenvalue weighted by Crippen LogP contribution is 2.31. The van der Waals surface area contributed by atoms with Crippen LogP contribution in [-0.4, -0.2) is 21.1 Å². The summed E-state index contributed by atoms with van der Waals surface area (Å²) >= 11 is 4.58. The predicted molar refractivity (Wildman–Crippen MR) is 95.6 cm³/mol. The van der Waals surface area contributed by atoms with E-state index in [4.69, 9.17) is 0 Å². The number of hydrogen-bond donors (Lipinski definition) is 0. The molecular weight excluding hydrogens is 348 g/mol. The number of carbonyl (C=O) groups is 1. The zero-order valence-electron chi connectivity index (χ0n) is 12.6. The number of rotatable bonds is 5. The van der Waals surface area contributed by atoms with Crippen LogP contribution in [0.5, 0.6) is 0 Å². The lowest BCUT2D eigenvalue weighted by atomic mass is 10.2. The largest absolute Gasteiger partial charge is 0.274 e. The van der Waals surface area contributed by atoms with Crippen molar-refractivity contribution in [1.29, 1.82) is 0 Å². The number of aryl methyl sites for hydroxylation is 1. The maximum atomic E-state index is 12.1. The second kappa shape index (κ2) is 7.20. The van der Waals surface area contributed by atoms with E-state index >= 15 is 0 Å². The van der Waals surface area contributed by atoms with E-state index in [1.54, 1.807) is 29.1 Å². The van der Waals surface area contributed by atoms with Crippen molar-refractivity contribution in [2.75, 3.05) is 4.90 Å². The Morgan fingerprint density at radius 1 is 1.26 bits per heavy atom. The molecule has 0 saturated heterocycles. The molecule has 0 N–H and O–H groups in total. The molecule has 3 aromatic rings. The third-order valence-corrected chi connectivity index (χ3v) is 5.79. The van der Waals surface area contributed by atoms with Crippen molar-refractivity contribution in [3.63, 3.8) is 0 Å². The lowest BCUT2D eigenvalue weighted by Crippen LogP contribution is -2.22. The maximum absolute atomic E-state index is 12.1. The van der Waals surface area contributed by atoms with E-state index in [0.717, 1.165) is 21.3 Å². The summed E-state index contributed by atoms with van der Waals surface area (Å²) in [5.41, 5.74) is 4.64. The van der Waals surface area contributed by atoms with Gasteiger partial charge in [0.15, 0.2) is 9.47 Å². The third-order valence-electron chi connectivity index (χ3n) is 3.02. The quantitative estimate of drug-likeness (QED) is 0.634. The smallest absolute Gasteiger partial charge is 0.230 e. The van der Waals surface area contributed by atoms with Gasteiger partial charge in [-0.2, -0.15) is 0 Å². The van der Waals surface area contributed by atoms with E-state index in [-0.39, 0.29) is 5.91 Å². The molecule has 2 aromatic heterocycles. The third kappa shape index (κ3) is 3.95. The molecule has 23 heavy (non-hydrogen) atoms. The zero-order chi connectivity index (χ0) is 16.2. The predicted octanol–water partition coefficient (Wildman–Crippen LogP) is 4.28. The van der Waals surface area contributed by atoms with Gasteiger partial charge in [-0.15, -0.1) is 21.5 Å². The van der Waals surface area contributed by atoms with Gasteiger partial charge in [0.05, 0.1) is 11.4 Å². The molecule has 0 atom stereocenters. The van der Waals surface area contributed by atoms with Gasteiger partial charge in [-0.05, 0) is 19.1 Å². The number of hydrogen-bond acceptors (Lipinski definition) is 7. The van der Waals surface area contributed by atoms with Crippen molar-refractivity contribution in [2.24, 2.45) is 0 Å². The van der Waals surface area contributed by atoms with Crippen LogP contribution in [0.25, 0.3) is 0 Å². The van der Waals surface area contributed by atoms with Crippen molar-refractivity contribution < 1.29 is 4.79 Å². The molecule has 0 saturated carbocycles. The van der Waals surface area contributed by atoms with Crippen molar-refractivity contribution in [3.8, 4) is 0 Å². The Morgan fingerprint density at radius 2 is 2.04 bits per heavy atom. The van der Waals surface area contributed by atoms with E-state index < -0.39 is 0 Å². The summed E-state index contributed by atoms with van der Waals surface area (Å²) in [7, 11) is 0. The SMILES string of the molecule is CC(=O)N(c1ccc(C)cc1)c1nc(CSc2nncs2)cs1. The minimum absolute atomic E-state index is 0.0495. The topological polar surface area (TPSA) is 59.0 Å². The van der Waals surface area contributed by atoms with Gasteiger partial charge in [0.2, 0.25) is 5.91 Å². The number of thiazole rings is 1. The van der Waals surface area contributed by atoms with Gasteiger partial charge in [-0.3, -0.25) is 9.69 Å². The fourth-order valence-electron chi connectivity index (χ4n) is 1.95. The minimum Gasteiger partial charge on any atom is -0.274 e. The molecule has 1 aromatic carbocycles. The molecule has 0 fully saturated rings. The van der Waals surface area contributed by atoms with Gasteiger partial charge in [-0.1, -0.05) is 40.8 Å². The number of anilines is 2. The minimum atomic E-state index is -0.0495. The number of thioether (sulfide) groups is 1. The Balaban J connectivity index is 1.78. The summed E-state index contributed by atoms with van der Waals surface area (Å²) in [6.45, 7) is 3.57. The Bertz CT molecular complexity index is 783. The highest BCUT2D eigenvalue weighted by Gasteiger charge is 2.18. The first-order valence-corrected chi connectivity index (χ1v) is 9.58. The van der Waals surface area contributed by atoms with Crippen LogP contribution < -0.4 is 4.90 Å². The average Bonchev–Trinajstić information content (AvgIpc) is 3.19. The molecule has 5 nitrogen and oxygen atoms in total. The first-order valence-electron chi connectivity index (χ1n) is 6.84. The van der Waals surface area contributed by atoms with Crippen LogP contribution in [0.4, 0.5) is 10.8 Å². The van der Waals surface area contributed by atoms with Crippen molar-refractivity contribution in [3.05, 3.63) is 46.4 Å². The average molecular weight is 363 g/mol. The summed E-state index contributed by atoms with van der Waals surface area (Å²) in [5.74, 6) is 0.664. The van der Waals surface area contributed by atoms with Crippen molar-refractivity contribution in [2.45, 2.75) is 23.9 Å². The molecule has 0 spiro atoms. The second-order valence-corrected chi connectivity index (χ2v) is 7.70. The van der Waals surface area contributed by atoms with Crippen LogP contribution in [0.2, 0.25) is 0 Å². The molecule has 0 radical (unpaired) electrons. The summed E-state index contributed by atoms with van der Waals surface area (Å²) in [6, 6.07) is 7.86. The normalized spacial score (nSPS) is 10.7. The standard InChI is InChI=1S/C15H14N4OS3/c1-10-3-5-13(6-4-10)19(11(2)20)14-17-12(7-21-14)8-22-15-18-16-9-23-15/h3-7,9H,8H2,1-2H3. The lowest BCUT2D eigenvalue weighted by Gasteiger charge is -2.18. The highest BCUT2D eigenvalue weighted by molar-refractivity contribution is 8.00. The van der Waals surface area contributed by atoms with Crippen LogP contribution >= 0.6 is 34.4 Å². The molecular formula is C15H14N4OS3. The zero-order valence-corrected chi connectivity index (χ0v) is 15.0. The fourth-order valence-corrected chi connectivity index (χ4v) is 4.32. The van der Waals surface area contributed by atoms with Gasteiger partial charge in [0.1, 0.15) is 5.51 Å². The highest BCUT2D eigenvalue weighted by atomic mass is 32.2. The van der Waals surface area contributed by atoms with Crippen LogP contribution in [-0.2, 0) is 10.5 Å². The van der Waals surface area contributed by atoms with Gasteiger partial charge < -0.3 is 0 Å². The van der Waals surface area contributed by atoms with Crippen molar-refractivity contribution >= 4 is 51.2 Å². The summed E-state index contributed by atoms with van der Waals surface area (Å²) in [5, 5.41) is 10.5. The van der Waals surface area contributed by atoms with E-state index in [9.17, 15) is 4.79 Å². The second-order valence-electron chi connectivity index (χ2n) is 4.80. The van der Waals surface area contributed by atoms with Gasteiger partial charge in [0.25, 0.3) is 0 Å². The van der Waals surface area contributed by atoms with Gasteiger partial charge in [-0.25, -0.2) is 4.98 Å². The molecule has 2 heterocycles. The van der Waals surface area contributed by atoms with E-state index in [0.29, 0.717) is 10.9 Å². The van der Waals surface area contributed by atoms with Crippen molar-refractivity contribution in [1.82, 2.24) is 15.2 Å². The number of carbonyl (C=O) groups excluding carboxylic acids is 1. The monoisotopic (exact) mass is 362 g/mol. The molecule has 0 bridgehead atoms. The molecule has 0 aliphatic carbocycles. The van der Waals surface area contributed by atoms with E-state index in [1.807, 2.05) is 36.6 Å². The fraction of sp³-hybridized carbons (Fsp3) is 0.200. The Kier molecular flexibility index (Phi) is 5.04. The van der Waals surface area contributed by atoms with Crippen LogP contribution in [0.15, 0.2) is 39.5 Å². The molecule has 1 amide bonds. The summed E-state index contributed by atoms with van der Waals surface area (Å²) in [4.78, 5) is 18.3. The number of aromatic nitrogens is 3. The van der Waals surface area contributed by atoms with Crippen LogP contribution in [0.3, 0.4) is 0 Å². The molecule has 118 valence electrons. The van der Waals surface area contributed by atoms with E-state index in [1.165, 1.54) is 22.7 Å². The van der Waals surface area contributed by atoms with E-state index in [2.05, 4.69) is 15.2 Å². The number of benzene rings is 1. The van der Waals surface area contributed by atoms with Gasteiger partial charge >= 0.3 is 0 Å². The Hall–Kier alpha value is -1.77. The Labute approximate surface area is 146 Å². The van der Waals surface area contributed by atoms with Gasteiger partial charge in [0, 0.05) is 18.1 Å². The molecule has 0 aliphatic heterocycles. The summed E-state index contributed by atoms with van der Waals surface area (Å²) in [6.07, 6.45) is 0.